The fourth-order valence-corrected chi connectivity index (χ4v) is 40.2. The van der Waals surface area contributed by atoms with Crippen molar-refractivity contribution in [1.82, 2.24) is 10.6 Å². The number of esters is 2. The van der Waals surface area contributed by atoms with Crippen LogP contribution in [0.2, 0.25) is 0 Å². The Morgan fingerprint density at radius 2 is 0.897 bits per heavy atom. The molecule has 0 saturated heterocycles. The van der Waals surface area contributed by atoms with Gasteiger partial charge in [-0.15, -0.1) is 24.5 Å². The minimum Gasteiger partial charge on any atom is -0.464 e. The Bertz CT molecular complexity index is 2310. The first kappa shape index (κ1) is 59.5. The average molecular weight is 1190 g/mol. The number of carbonyl (C=O) groups excluding carboxylic acids is 4. The van der Waals surface area contributed by atoms with Gasteiger partial charge in [0.15, 0.2) is 10.9 Å². The van der Waals surface area contributed by atoms with Crippen molar-refractivity contribution in [3.05, 3.63) is 131 Å². The van der Waals surface area contributed by atoms with Crippen molar-refractivity contribution >= 4 is 162 Å². The number of ether oxygens (including phenoxy) is 2. The van der Waals surface area contributed by atoms with E-state index in [0.717, 1.165) is 11.1 Å². The van der Waals surface area contributed by atoms with E-state index in [1.807, 2.05) is 0 Å². The number of hydrogen-bond donors (Lipinski definition) is 6. The zero-order chi connectivity index (χ0) is 49.8. The third kappa shape index (κ3) is 22.8. The molecular formula is C42H52N2O10P4S10. The van der Waals surface area contributed by atoms with Crippen LogP contribution in [0.25, 0.3) is 0 Å². The molecule has 0 radical (unpaired) electrons. The van der Waals surface area contributed by atoms with E-state index in [-0.39, 0.29) is 49.7 Å². The second-order valence-corrected chi connectivity index (χ2v) is 45.3. The molecule has 4 unspecified atom stereocenters. The van der Waals surface area contributed by atoms with Gasteiger partial charge in [-0.05, 0) is 97.1 Å². The molecule has 26 heteroatoms. The summed E-state index contributed by atoms with van der Waals surface area (Å²) in [6.07, 6.45) is 0.388. The lowest BCUT2D eigenvalue weighted by Crippen LogP contribution is -2.43. The Labute approximate surface area is 445 Å². The summed E-state index contributed by atoms with van der Waals surface area (Å²) >= 11 is 34.4. The average Bonchev–Trinajstić information content (AvgIpc) is 3.27. The molecule has 370 valence electrons. The Kier molecular flexibility index (Phi) is 25.9. The highest BCUT2D eigenvalue weighted by Gasteiger charge is 2.29. The van der Waals surface area contributed by atoms with E-state index < -0.39 is 45.9 Å². The van der Waals surface area contributed by atoms with Crippen LogP contribution in [0.3, 0.4) is 0 Å². The smallest absolute Gasteiger partial charge is 0.328 e. The molecule has 12 nitrogen and oxygen atoms in total. The van der Waals surface area contributed by atoms with Gasteiger partial charge in [0.1, 0.15) is 34.5 Å². The van der Waals surface area contributed by atoms with Gasteiger partial charge in [0.25, 0.3) is 11.8 Å². The molecule has 0 bridgehead atoms. The van der Waals surface area contributed by atoms with Gasteiger partial charge >= 0.3 is 11.9 Å². The largest absolute Gasteiger partial charge is 0.464 e. The van der Waals surface area contributed by atoms with Crippen LogP contribution in [0.15, 0.2) is 109 Å². The first-order valence-electron chi connectivity index (χ1n) is 20.6. The summed E-state index contributed by atoms with van der Waals surface area (Å²) in [5.41, 5.74) is -9.11. The Morgan fingerprint density at radius 3 is 1.22 bits per heavy atom. The third-order valence-corrected chi connectivity index (χ3v) is 34.8. The molecule has 4 aromatic carbocycles. The number of nitrogens with one attached hydrogen (secondary N) is 2. The fourth-order valence-electron chi connectivity index (χ4n) is 5.84. The normalized spacial score (nSPS) is 15.7. The summed E-state index contributed by atoms with van der Waals surface area (Å²) in [6, 6.07) is 29.3. The summed E-state index contributed by atoms with van der Waals surface area (Å²) < 4.78 is 22.5. The fraction of sp³-hybridized carbons (Fsp3) is 0.333. The van der Waals surface area contributed by atoms with Crippen molar-refractivity contribution in [1.29, 1.82) is 0 Å². The molecule has 2 amide bonds. The van der Waals surface area contributed by atoms with Gasteiger partial charge in [-0.1, -0.05) is 129 Å². The predicted octanol–water partition coefficient (Wildman–Crippen LogP) is 10.8. The summed E-state index contributed by atoms with van der Waals surface area (Å²) in [5.74, 6) is 1.80. The van der Waals surface area contributed by atoms with E-state index in [0.29, 0.717) is 45.6 Å². The van der Waals surface area contributed by atoms with Crippen molar-refractivity contribution in [3.8, 4) is 11.5 Å². The van der Waals surface area contributed by atoms with E-state index in [1.165, 1.54) is 22.8 Å². The van der Waals surface area contributed by atoms with E-state index in [9.17, 15) is 29.0 Å². The second kappa shape index (κ2) is 29.6. The molecule has 0 aromatic heterocycles. The first-order chi connectivity index (χ1) is 32.2. The Balaban J connectivity index is 1.14. The van der Waals surface area contributed by atoms with Crippen LogP contribution in [0.4, 0.5) is 0 Å². The van der Waals surface area contributed by atoms with E-state index in [2.05, 4.69) is 35.1 Å². The SMILES string of the molecule is CCOC(=O)[C@H](Cc1ccc(OP(=S)(S)CP(O)(=S)SCCSSCCSP(O)(=S)CP(=S)(S)Oc2ccc(C[C@H](NC(=O)c3ccccc3)C(=O)OCC)cc2)cc1)NC(=O)c1ccccc1. The molecule has 0 aliphatic rings. The summed E-state index contributed by atoms with van der Waals surface area (Å²) in [6.45, 7) is 3.75. The molecule has 0 spiro atoms. The van der Waals surface area contributed by atoms with Crippen LogP contribution in [0, 0.1) is 0 Å². The van der Waals surface area contributed by atoms with E-state index in [1.54, 1.807) is 145 Å². The third-order valence-electron chi connectivity index (χ3n) is 8.76. The molecule has 0 saturated carbocycles. The van der Waals surface area contributed by atoms with Gasteiger partial charge in [-0.3, -0.25) is 9.59 Å². The van der Waals surface area contributed by atoms with Gasteiger partial charge in [-0.25, -0.2) is 9.59 Å². The van der Waals surface area contributed by atoms with Crippen LogP contribution in [-0.4, -0.2) is 93.7 Å². The molecular weight excluding hydrogens is 1140 g/mol. The summed E-state index contributed by atoms with van der Waals surface area (Å²) in [7, 11) is 3.24. The maximum Gasteiger partial charge on any atom is 0.328 e. The molecule has 4 aromatic rings. The number of thiol groups is 2. The summed E-state index contributed by atoms with van der Waals surface area (Å²) in [4.78, 5) is 73.2. The quantitative estimate of drug-likeness (QED) is 0.00997. The maximum absolute atomic E-state index is 12.8. The molecule has 68 heavy (non-hydrogen) atoms. The van der Waals surface area contributed by atoms with Crippen molar-refractivity contribution in [2.24, 2.45) is 0 Å². The number of amides is 2. The second-order valence-electron chi connectivity index (χ2n) is 14.3. The lowest BCUT2D eigenvalue weighted by molar-refractivity contribution is -0.146. The van der Waals surface area contributed by atoms with Crippen molar-refractivity contribution < 1.29 is 47.5 Å². The standard InChI is InChI=1S/C42H52N2O10P4S10/c1-3-51-41(47)37(43-39(45)33-11-7-5-8-12-33)27-31-15-19-35(20-16-31)53-57(61,62)29-55(49,59)65-23-25-67-68-26-24-66-56(50,60)30-58(63,64)54-36-21-17-32(18-22-36)28-38(42(48)52-4-2)44-40(46)34-13-9-6-10-14-34/h5-22,37-38H,3-4,23-30H2,1-2H3,(H,43,45)(H,44,46)(H,49,59)(H,50,60)(H,61,62)(H,63,64)/t37-,38-,55?,56?/m0/s1. The molecule has 0 aliphatic carbocycles. The van der Waals surface area contributed by atoms with Gasteiger partial charge in [0, 0.05) is 47.0 Å². The van der Waals surface area contributed by atoms with Crippen LogP contribution in [-0.2, 0) is 79.1 Å². The van der Waals surface area contributed by atoms with Crippen LogP contribution < -0.4 is 19.7 Å². The highest BCUT2D eigenvalue weighted by molar-refractivity contribution is 8.78. The molecule has 0 aliphatic heterocycles. The van der Waals surface area contributed by atoms with Crippen molar-refractivity contribution in [3.63, 3.8) is 0 Å². The number of rotatable bonds is 29. The minimum atomic E-state index is -2.92. The highest BCUT2D eigenvalue weighted by atomic mass is 33.1. The van der Waals surface area contributed by atoms with Gasteiger partial charge < -0.3 is 38.9 Å². The number of carbonyl (C=O) groups is 4. The first-order valence-corrected chi connectivity index (χ1v) is 40.3. The Morgan fingerprint density at radius 1 is 0.559 bits per heavy atom. The van der Waals surface area contributed by atoms with Crippen molar-refractivity contribution in [2.75, 3.05) is 48.0 Å². The molecule has 6 atom stereocenters. The highest BCUT2D eigenvalue weighted by Crippen LogP contribution is 2.70. The predicted molar refractivity (Wildman–Crippen MR) is 309 cm³/mol. The number of benzene rings is 4. The zero-order valence-electron chi connectivity index (χ0n) is 36.7. The topological polar surface area (TPSA) is 170 Å². The van der Waals surface area contributed by atoms with E-state index in [4.69, 9.17) is 65.7 Å². The van der Waals surface area contributed by atoms with Crippen LogP contribution >= 0.6 is 90.7 Å². The lowest BCUT2D eigenvalue weighted by Gasteiger charge is -2.23. The van der Waals surface area contributed by atoms with Gasteiger partial charge in [-0.2, -0.15) is 0 Å². The summed E-state index contributed by atoms with van der Waals surface area (Å²) in [5, 5.41) is 5.53. The van der Waals surface area contributed by atoms with Crippen LogP contribution in [0.5, 0.6) is 11.5 Å². The number of hydrogen-bond acceptors (Lipinski definition) is 16. The molecule has 0 fully saturated rings. The van der Waals surface area contributed by atoms with Crippen LogP contribution in [0.1, 0.15) is 45.7 Å². The monoisotopic (exact) mass is 1190 g/mol. The molecule has 4 rings (SSSR count). The van der Waals surface area contributed by atoms with Crippen molar-refractivity contribution in [2.45, 2.75) is 38.8 Å². The zero-order valence-corrected chi connectivity index (χ0v) is 48.6. The molecule has 0 heterocycles. The molecule has 4 N–H and O–H groups in total. The minimum absolute atomic E-state index is 0.0768. The van der Waals surface area contributed by atoms with Gasteiger partial charge in [0.05, 0.1) is 25.0 Å². The lowest BCUT2D eigenvalue weighted by atomic mass is 10.1. The Hall–Kier alpha value is -1.02. The van der Waals surface area contributed by atoms with Gasteiger partial charge in [0.2, 0.25) is 0 Å². The maximum atomic E-state index is 12.8. The van der Waals surface area contributed by atoms with E-state index >= 15 is 0 Å².